The Morgan fingerprint density at radius 1 is 0.609 bits per heavy atom. The predicted octanol–water partition coefficient (Wildman–Crippen LogP) is 5.36. The Kier molecular flexibility index (Phi) is 3.09. The molecule has 2 nitrogen and oxygen atoms in total. The van der Waals surface area contributed by atoms with E-state index in [1.165, 1.54) is 10.8 Å². The topological polar surface area (TPSA) is 37.3 Å². The SMILES string of the molecule is O=C(O)c1ccccc1-c1cccc2c1ccc1ccccc12. The number of aromatic carboxylic acids is 1. The van der Waals surface area contributed by atoms with Crippen LogP contribution in [0.5, 0.6) is 0 Å². The van der Waals surface area contributed by atoms with Crippen LogP contribution in [0.4, 0.5) is 0 Å². The van der Waals surface area contributed by atoms with Crippen LogP contribution in [-0.4, -0.2) is 11.1 Å². The van der Waals surface area contributed by atoms with E-state index in [0.717, 1.165) is 21.9 Å². The fraction of sp³-hybridized carbons (Fsp3) is 0. The van der Waals surface area contributed by atoms with E-state index in [-0.39, 0.29) is 0 Å². The summed E-state index contributed by atoms with van der Waals surface area (Å²) >= 11 is 0. The van der Waals surface area contributed by atoms with Crippen molar-refractivity contribution in [2.75, 3.05) is 0 Å². The smallest absolute Gasteiger partial charge is 0.336 e. The monoisotopic (exact) mass is 298 g/mol. The molecular formula is C21H14O2. The van der Waals surface area contributed by atoms with Gasteiger partial charge in [-0.2, -0.15) is 0 Å². The summed E-state index contributed by atoms with van der Waals surface area (Å²) in [7, 11) is 0. The second-order valence-corrected chi connectivity index (χ2v) is 5.54. The molecule has 0 aliphatic carbocycles. The van der Waals surface area contributed by atoms with Crippen molar-refractivity contribution in [2.24, 2.45) is 0 Å². The molecule has 0 radical (unpaired) electrons. The standard InChI is InChI=1S/C21H14O2/c22-21(23)20-9-4-3-8-18(20)17-11-5-10-16-15-7-2-1-6-14(15)12-13-19(16)17/h1-13H,(H,22,23). The zero-order valence-corrected chi connectivity index (χ0v) is 12.4. The van der Waals surface area contributed by atoms with Gasteiger partial charge in [0, 0.05) is 0 Å². The van der Waals surface area contributed by atoms with Crippen LogP contribution >= 0.6 is 0 Å². The van der Waals surface area contributed by atoms with E-state index in [1.807, 2.05) is 36.4 Å². The van der Waals surface area contributed by atoms with Crippen molar-refractivity contribution < 1.29 is 9.90 Å². The lowest BCUT2D eigenvalue weighted by molar-refractivity contribution is 0.0698. The maximum absolute atomic E-state index is 11.5. The van der Waals surface area contributed by atoms with Crippen molar-refractivity contribution in [3.63, 3.8) is 0 Å². The molecule has 110 valence electrons. The average Bonchev–Trinajstić information content (AvgIpc) is 2.61. The molecule has 23 heavy (non-hydrogen) atoms. The molecule has 4 rings (SSSR count). The highest BCUT2D eigenvalue weighted by Gasteiger charge is 2.13. The molecule has 0 heterocycles. The van der Waals surface area contributed by atoms with Gasteiger partial charge >= 0.3 is 5.97 Å². The van der Waals surface area contributed by atoms with E-state index in [4.69, 9.17) is 0 Å². The zero-order chi connectivity index (χ0) is 15.8. The van der Waals surface area contributed by atoms with Crippen molar-refractivity contribution in [1.29, 1.82) is 0 Å². The number of carbonyl (C=O) groups is 1. The molecule has 0 aliphatic heterocycles. The van der Waals surface area contributed by atoms with Crippen molar-refractivity contribution in [2.45, 2.75) is 0 Å². The maximum atomic E-state index is 11.5. The number of fused-ring (bicyclic) bond motifs is 3. The molecule has 0 aliphatic rings. The van der Waals surface area contributed by atoms with Crippen LogP contribution in [0, 0.1) is 0 Å². The molecule has 2 heteroatoms. The Hall–Kier alpha value is -3.13. The van der Waals surface area contributed by atoms with E-state index >= 15 is 0 Å². The van der Waals surface area contributed by atoms with Crippen molar-refractivity contribution in [3.8, 4) is 11.1 Å². The summed E-state index contributed by atoms with van der Waals surface area (Å²) in [5.74, 6) is -0.904. The molecule has 0 atom stereocenters. The molecule has 0 amide bonds. The molecule has 0 bridgehead atoms. The van der Waals surface area contributed by atoms with Gasteiger partial charge in [0.25, 0.3) is 0 Å². The van der Waals surface area contributed by atoms with Crippen LogP contribution in [0.1, 0.15) is 10.4 Å². The highest BCUT2D eigenvalue weighted by atomic mass is 16.4. The summed E-state index contributed by atoms with van der Waals surface area (Å²) in [4.78, 5) is 11.5. The van der Waals surface area contributed by atoms with Crippen LogP contribution in [0.3, 0.4) is 0 Å². The highest BCUT2D eigenvalue weighted by Crippen LogP contribution is 2.34. The maximum Gasteiger partial charge on any atom is 0.336 e. The summed E-state index contributed by atoms with van der Waals surface area (Å²) in [6.07, 6.45) is 0. The minimum atomic E-state index is -0.904. The van der Waals surface area contributed by atoms with E-state index in [0.29, 0.717) is 5.56 Å². The van der Waals surface area contributed by atoms with Gasteiger partial charge in [-0.25, -0.2) is 4.79 Å². The van der Waals surface area contributed by atoms with Gasteiger partial charge in [0.05, 0.1) is 5.56 Å². The second-order valence-electron chi connectivity index (χ2n) is 5.54. The summed E-state index contributed by atoms with van der Waals surface area (Å²) in [5, 5.41) is 14.0. The number of benzene rings is 4. The van der Waals surface area contributed by atoms with E-state index in [9.17, 15) is 9.90 Å². The number of hydrogen-bond donors (Lipinski definition) is 1. The number of carboxylic acids is 1. The first-order valence-corrected chi connectivity index (χ1v) is 7.49. The lowest BCUT2D eigenvalue weighted by Gasteiger charge is -2.11. The zero-order valence-electron chi connectivity index (χ0n) is 12.4. The largest absolute Gasteiger partial charge is 0.478 e. The summed E-state index contributed by atoms with van der Waals surface area (Å²) in [5.41, 5.74) is 2.03. The first-order chi connectivity index (χ1) is 11.3. The van der Waals surface area contributed by atoms with Gasteiger partial charge in [-0.1, -0.05) is 72.8 Å². The third kappa shape index (κ3) is 2.16. The number of hydrogen-bond acceptors (Lipinski definition) is 1. The van der Waals surface area contributed by atoms with E-state index in [1.54, 1.807) is 12.1 Å². The fourth-order valence-electron chi connectivity index (χ4n) is 3.18. The Labute approximate surface area is 133 Å². The van der Waals surface area contributed by atoms with Gasteiger partial charge in [-0.05, 0) is 38.7 Å². The molecular weight excluding hydrogens is 284 g/mol. The molecule has 0 aromatic heterocycles. The van der Waals surface area contributed by atoms with Crippen molar-refractivity contribution >= 4 is 27.5 Å². The first-order valence-electron chi connectivity index (χ1n) is 7.49. The van der Waals surface area contributed by atoms with E-state index < -0.39 is 5.97 Å². The van der Waals surface area contributed by atoms with Gasteiger partial charge in [0.2, 0.25) is 0 Å². The predicted molar refractivity (Wildman–Crippen MR) is 93.8 cm³/mol. The molecule has 0 spiro atoms. The number of rotatable bonds is 2. The van der Waals surface area contributed by atoms with Crippen molar-refractivity contribution in [3.05, 3.63) is 84.4 Å². The van der Waals surface area contributed by atoms with Gasteiger partial charge < -0.3 is 5.11 Å². The summed E-state index contributed by atoms with van der Waals surface area (Å²) in [6, 6.07) is 25.6. The molecule has 0 unspecified atom stereocenters. The lowest BCUT2D eigenvalue weighted by atomic mass is 9.92. The third-order valence-corrected chi connectivity index (χ3v) is 4.23. The highest BCUT2D eigenvalue weighted by molar-refractivity contribution is 6.13. The van der Waals surface area contributed by atoms with Crippen LogP contribution < -0.4 is 0 Å². The Bertz CT molecular complexity index is 1050. The Balaban J connectivity index is 2.10. The quantitative estimate of drug-likeness (QED) is 0.506. The summed E-state index contributed by atoms with van der Waals surface area (Å²) in [6.45, 7) is 0. The van der Waals surface area contributed by atoms with Crippen LogP contribution in [0.15, 0.2) is 78.9 Å². The molecule has 4 aromatic carbocycles. The third-order valence-electron chi connectivity index (χ3n) is 4.23. The molecule has 1 N–H and O–H groups in total. The first kappa shape index (κ1) is 13.5. The fourth-order valence-corrected chi connectivity index (χ4v) is 3.18. The molecule has 0 saturated heterocycles. The minimum Gasteiger partial charge on any atom is -0.478 e. The Morgan fingerprint density at radius 3 is 2.17 bits per heavy atom. The summed E-state index contributed by atoms with van der Waals surface area (Å²) < 4.78 is 0. The average molecular weight is 298 g/mol. The minimum absolute atomic E-state index is 0.327. The van der Waals surface area contributed by atoms with Crippen LogP contribution in [-0.2, 0) is 0 Å². The molecule has 4 aromatic rings. The van der Waals surface area contributed by atoms with Gasteiger partial charge in [0.1, 0.15) is 0 Å². The molecule has 0 fully saturated rings. The number of carboxylic acid groups (broad SMARTS) is 1. The van der Waals surface area contributed by atoms with E-state index in [2.05, 4.69) is 30.3 Å². The van der Waals surface area contributed by atoms with Gasteiger partial charge in [0.15, 0.2) is 0 Å². The van der Waals surface area contributed by atoms with Crippen LogP contribution in [0.2, 0.25) is 0 Å². The van der Waals surface area contributed by atoms with Gasteiger partial charge in [-0.15, -0.1) is 0 Å². The molecule has 0 saturated carbocycles. The van der Waals surface area contributed by atoms with Gasteiger partial charge in [-0.3, -0.25) is 0 Å². The lowest BCUT2D eigenvalue weighted by Crippen LogP contribution is -1.99. The Morgan fingerprint density at radius 2 is 1.30 bits per heavy atom. The normalized spacial score (nSPS) is 11.0. The van der Waals surface area contributed by atoms with Crippen LogP contribution in [0.25, 0.3) is 32.7 Å². The second kappa shape index (κ2) is 5.25. The van der Waals surface area contributed by atoms with Crippen molar-refractivity contribution in [1.82, 2.24) is 0 Å².